The predicted molar refractivity (Wildman–Crippen MR) is 143 cm³/mol. The number of anilines is 1. The molecule has 1 aromatic heterocycles. The summed E-state index contributed by atoms with van der Waals surface area (Å²) < 4.78 is 30.1. The lowest BCUT2D eigenvalue weighted by atomic mass is 10.0. The molecule has 1 fully saturated rings. The monoisotopic (exact) mass is 514 g/mol. The molecule has 0 bridgehead atoms. The van der Waals surface area contributed by atoms with Crippen LogP contribution in [0.4, 0.5) is 5.69 Å². The van der Waals surface area contributed by atoms with Crippen LogP contribution in [0.2, 0.25) is 0 Å². The van der Waals surface area contributed by atoms with E-state index in [-0.39, 0.29) is 16.7 Å². The molecule has 1 N–H and O–H groups in total. The van der Waals surface area contributed by atoms with Gasteiger partial charge in [0.15, 0.2) is 0 Å². The third-order valence-electron chi connectivity index (χ3n) is 6.59. The summed E-state index contributed by atoms with van der Waals surface area (Å²) in [6, 6.07) is 10.4. The van der Waals surface area contributed by atoms with Crippen LogP contribution in [0.1, 0.15) is 36.4 Å². The van der Waals surface area contributed by atoms with E-state index in [0.717, 1.165) is 28.3 Å². The van der Waals surface area contributed by atoms with E-state index in [9.17, 15) is 13.2 Å². The average molecular weight is 515 g/mol. The van der Waals surface area contributed by atoms with Crippen LogP contribution in [-0.2, 0) is 14.8 Å². The van der Waals surface area contributed by atoms with Crippen molar-refractivity contribution in [1.29, 1.82) is 0 Å². The van der Waals surface area contributed by atoms with E-state index in [1.54, 1.807) is 23.1 Å². The highest BCUT2D eigenvalue weighted by atomic mass is 32.2. The maximum atomic E-state index is 13.5. The van der Waals surface area contributed by atoms with Crippen LogP contribution >= 0.6 is 11.3 Å². The van der Waals surface area contributed by atoms with Crippen LogP contribution in [0, 0.1) is 26.7 Å². The molecule has 0 spiro atoms. The van der Waals surface area contributed by atoms with E-state index in [2.05, 4.69) is 46.7 Å². The van der Waals surface area contributed by atoms with Crippen LogP contribution in [-0.4, -0.2) is 56.4 Å². The quantitative estimate of drug-likeness (QED) is 0.509. The number of nitrogens with one attached hydrogen (secondary N) is 1. The molecule has 0 saturated carbocycles. The normalized spacial score (nSPS) is 15.7. The second-order valence-electron chi connectivity index (χ2n) is 9.70. The van der Waals surface area contributed by atoms with E-state index in [1.165, 1.54) is 28.2 Å². The zero-order valence-electron chi connectivity index (χ0n) is 21.0. The lowest BCUT2D eigenvalue weighted by molar-refractivity contribution is -0.133. The highest BCUT2D eigenvalue weighted by molar-refractivity contribution is 7.89. The fraction of sp³-hybridized carbons (Fsp3) is 0.462. The summed E-state index contributed by atoms with van der Waals surface area (Å²) in [5, 5.41) is 0.885. The first-order valence-corrected chi connectivity index (χ1v) is 14.3. The summed E-state index contributed by atoms with van der Waals surface area (Å²) in [6.45, 7) is 12.7. The summed E-state index contributed by atoms with van der Waals surface area (Å²) in [5.41, 5.74) is 4.48. The molecule has 1 atom stereocenters. The number of aromatic nitrogens is 1. The number of rotatable bonds is 7. The predicted octanol–water partition coefficient (Wildman–Crippen LogP) is 4.26. The Balaban J connectivity index is 1.49. The van der Waals surface area contributed by atoms with Gasteiger partial charge in [0.25, 0.3) is 0 Å². The molecule has 1 amide bonds. The van der Waals surface area contributed by atoms with E-state index in [1.807, 2.05) is 20.8 Å². The molecule has 0 unspecified atom stereocenters. The first kappa shape index (κ1) is 25.6. The Labute approximate surface area is 212 Å². The molecular weight excluding hydrogens is 480 g/mol. The van der Waals surface area contributed by atoms with Gasteiger partial charge in [-0.05, 0) is 68.5 Å². The van der Waals surface area contributed by atoms with Crippen molar-refractivity contribution in [2.45, 2.75) is 52.0 Å². The minimum atomic E-state index is -3.86. The van der Waals surface area contributed by atoms with Crippen molar-refractivity contribution >= 4 is 43.2 Å². The highest BCUT2D eigenvalue weighted by Crippen LogP contribution is 2.26. The maximum absolute atomic E-state index is 13.5. The number of amides is 1. The number of sulfonamides is 1. The van der Waals surface area contributed by atoms with E-state index < -0.39 is 16.1 Å². The average Bonchev–Trinajstić information content (AvgIpc) is 3.19. The van der Waals surface area contributed by atoms with Crippen molar-refractivity contribution in [2.24, 2.45) is 5.92 Å². The Morgan fingerprint density at radius 1 is 1.09 bits per heavy atom. The maximum Gasteiger partial charge on any atom is 0.241 e. The van der Waals surface area contributed by atoms with E-state index in [0.29, 0.717) is 19.5 Å². The van der Waals surface area contributed by atoms with Crippen LogP contribution in [0.5, 0.6) is 0 Å². The Hall–Kier alpha value is -2.49. The minimum absolute atomic E-state index is 0.155. The number of carbonyl (C=O) groups excluding carboxylic acids is 1. The summed E-state index contributed by atoms with van der Waals surface area (Å²) in [4.78, 5) is 22.2. The van der Waals surface area contributed by atoms with Crippen LogP contribution in [0.15, 0.2) is 41.3 Å². The standard InChI is InChI=1S/C26H34N4O3S2/c1-17(2)15-23(28-35(32,33)21-9-10-22-25(16-21)34-20(5)27-22)26(31)30-13-11-29(12-14-30)24-8-6-7-18(3)19(24)4/h6-10,16-17,23,28H,11-15H2,1-5H3/t23-/m1/s1. The Morgan fingerprint density at radius 3 is 2.49 bits per heavy atom. The SMILES string of the molecule is Cc1nc2ccc(S(=O)(=O)N[C@H](CC(C)C)C(=O)N3CCN(c4cccc(C)c4C)CC3)cc2s1. The zero-order valence-corrected chi connectivity index (χ0v) is 22.7. The van der Waals surface area contributed by atoms with Gasteiger partial charge in [-0.1, -0.05) is 26.0 Å². The molecule has 7 nitrogen and oxygen atoms in total. The van der Waals surface area contributed by atoms with Gasteiger partial charge in [0, 0.05) is 31.9 Å². The Kier molecular flexibility index (Phi) is 7.49. The smallest absolute Gasteiger partial charge is 0.241 e. The number of aryl methyl sites for hydroxylation is 2. The van der Waals surface area contributed by atoms with Gasteiger partial charge in [0.2, 0.25) is 15.9 Å². The van der Waals surface area contributed by atoms with Crippen molar-refractivity contribution in [3.63, 3.8) is 0 Å². The minimum Gasteiger partial charge on any atom is -0.368 e. The lowest BCUT2D eigenvalue weighted by Crippen LogP contribution is -2.55. The number of nitrogens with zero attached hydrogens (tertiary/aromatic N) is 3. The number of hydrogen-bond acceptors (Lipinski definition) is 6. The molecule has 2 heterocycles. The fourth-order valence-corrected chi connectivity index (χ4v) is 6.75. The third kappa shape index (κ3) is 5.68. The number of thiazole rings is 1. The van der Waals surface area contributed by atoms with Gasteiger partial charge < -0.3 is 9.80 Å². The summed E-state index contributed by atoms with van der Waals surface area (Å²) in [7, 11) is -3.86. The number of fused-ring (bicyclic) bond motifs is 1. The molecule has 1 aliphatic heterocycles. The van der Waals surface area contributed by atoms with Crippen molar-refractivity contribution in [1.82, 2.24) is 14.6 Å². The first-order chi connectivity index (χ1) is 16.5. The first-order valence-electron chi connectivity index (χ1n) is 12.0. The molecule has 9 heteroatoms. The van der Waals surface area contributed by atoms with Gasteiger partial charge in [-0.15, -0.1) is 11.3 Å². The summed E-state index contributed by atoms with van der Waals surface area (Å²) in [5.74, 6) is 0.00658. The van der Waals surface area contributed by atoms with Gasteiger partial charge in [-0.3, -0.25) is 4.79 Å². The Morgan fingerprint density at radius 2 is 1.80 bits per heavy atom. The second-order valence-corrected chi connectivity index (χ2v) is 12.6. The summed E-state index contributed by atoms with van der Waals surface area (Å²) in [6.07, 6.45) is 0.442. The van der Waals surface area contributed by atoms with Crippen molar-refractivity contribution in [2.75, 3.05) is 31.1 Å². The topological polar surface area (TPSA) is 82.6 Å². The van der Waals surface area contributed by atoms with Crippen LogP contribution in [0.25, 0.3) is 10.2 Å². The molecule has 0 aliphatic carbocycles. The van der Waals surface area contributed by atoms with Crippen molar-refractivity contribution in [3.05, 3.63) is 52.5 Å². The fourth-order valence-electron chi connectivity index (χ4n) is 4.58. The summed E-state index contributed by atoms with van der Waals surface area (Å²) >= 11 is 1.46. The number of benzene rings is 2. The van der Waals surface area contributed by atoms with Crippen LogP contribution in [0.3, 0.4) is 0 Å². The van der Waals surface area contributed by atoms with E-state index in [4.69, 9.17) is 0 Å². The van der Waals surface area contributed by atoms with Crippen molar-refractivity contribution in [3.8, 4) is 0 Å². The largest absolute Gasteiger partial charge is 0.368 e. The van der Waals surface area contributed by atoms with Gasteiger partial charge in [0.1, 0.15) is 6.04 Å². The number of hydrogen-bond donors (Lipinski definition) is 1. The van der Waals surface area contributed by atoms with Gasteiger partial charge in [0.05, 0.1) is 20.1 Å². The molecule has 188 valence electrons. The molecule has 1 saturated heterocycles. The number of carbonyl (C=O) groups is 1. The molecule has 4 rings (SSSR count). The number of piperazine rings is 1. The van der Waals surface area contributed by atoms with Gasteiger partial charge in [-0.25, -0.2) is 13.4 Å². The molecule has 1 aliphatic rings. The highest BCUT2D eigenvalue weighted by Gasteiger charge is 2.32. The lowest BCUT2D eigenvalue weighted by Gasteiger charge is -2.38. The van der Waals surface area contributed by atoms with Gasteiger partial charge in [-0.2, -0.15) is 4.72 Å². The Bertz CT molecular complexity index is 1330. The molecular formula is C26H34N4O3S2. The van der Waals surface area contributed by atoms with E-state index >= 15 is 0 Å². The molecule has 2 aromatic carbocycles. The third-order valence-corrected chi connectivity index (χ3v) is 8.99. The van der Waals surface area contributed by atoms with Gasteiger partial charge >= 0.3 is 0 Å². The zero-order chi connectivity index (χ0) is 25.3. The van der Waals surface area contributed by atoms with Crippen LogP contribution < -0.4 is 9.62 Å². The molecule has 35 heavy (non-hydrogen) atoms. The molecule has 0 radical (unpaired) electrons. The molecule has 3 aromatic rings. The van der Waals surface area contributed by atoms with Crippen molar-refractivity contribution < 1.29 is 13.2 Å². The second kappa shape index (κ2) is 10.2.